The van der Waals surface area contributed by atoms with E-state index >= 15 is 0 Å². The highest BCUT2D eigenvalue weighted by molar-refractivity contribution is 7.99. The fourth-order valence-corrected chi connectivity index (χ4v) is 6.68. The fourth-order valence-electron chi connectivity index (χ4n) is 4.54. The normalized spacial score (nSPS) is 18.1. The van der Waals surface area contributed by atoms with Gasteiger partial charge in [0, 0.05) is 28.3 Å². The zero-order valence-corrected chi connectivity index (χ0v) is 23.7. The number of thioether (sulfide) groups is 1. The molecule has 1 aliphatic heterocycles. The second-order valence-electron chi connectivity index (χ2n) is 9.91. The third kappa shape index (κ3) is 6.44. The van der Waals surface area contributed by atoms with Crippen molar-refractivity contribution in [3.05, 3.63) is 107 Å². The molecule has 2 heterocycles. The van der Waals surface area contributed by atoms with Crippen molar-refractivity contribution in [3.8, 4) is 11.3 Å². The Hall–Kier alpha value is -4.15. The SMILES string of the molecule is O=C(NC1CC1)c1ccc(-c2csc(NC(=O)C3CS[C@H](c4ccccc4)N3C(=O)OCc3ccccc3)n2)cc1. The average molecular weight is 585 g/mol. The van der Waals surface area contributed by atoms with Crippen LogP contribution in [0.25, 0.3) is 11.3 Å². The van der Waals surface area contributed by atoms with E-state index in [2.05, 4.69) is 15.6 Å². The van der Waals surface area contributed by atoms with E-state index in [1.54, 1.807) is 12.1 Å². The minimum atomic E-state index is -0.731. The third-order valence-corrected chi connectivity index (χ3v) is 8.97. The van der Waals surface area contributed by atoms with Crippen LogP contribution in [0.3, 0.4) is 0 Å². The van der Waals surface area contributed by atoms with E-state index in [4.69, 9.17) is 4.74 Å². The van der Waals surface area contributed by atoms with Crippen molar-refractivity contribution in [2.45, 2.75) is 36.9 Å². The Balaban J connectivity index is 1.14. The van der Waals surface area contributed by atoms with Crippen LogP contribution in [0.2, 0.25) is 0 Å². The Morgan fingerprint density at radius 2 is 1.63 bits per heavy atom. The summed E-state index contributed by atoms with van der Waals surface area (Å²) in [7, 11) is 0. The second kappa shape index (κ2) is 12.2. The highest BCUT2D eigenvalue weighted by Crippen LogP contribution is 2.42. The van der Waals surface area contributed by atoms with Crippen LogP contribution in [0.15, 0.2) is 90.3 Å². The van der Waals surface area contributed by atoms with Crippen LogP contribution in [0, 0.1) is 0 Å². The van der Waals surface area contributed by atoms with Crippen molar-refractivity contribution in [2.24, 2.45) is 0 Å². The van der Waals surface area contributed by atoms with Crippen molar-refractivity contribution < 1.29 is 19.1 Å². The molecular formula is C31H28N4O4S2. The van der Waals surface area contributed by atoms with Crippen molar-refractivity contribution in [1.82, 2.24) is 15.2 Å². The molecule has 41 heavy (non-hydrogen) atoms. The molecule has 2 atom stereocenters. The van der Waals surface area contributed by atoms with Crippen LogP contribution < -0.4 is 10.6 Å². The summed E-state index contributed by atoms with van der Waals surface area (Å²) in [6, 6.07) is 25.9. The first-order chi connectivity index (χ1) is 20.0. The van der Waals surface area contributed by atoms with Crippen molar-refractivity contribution in [3.63, 3.8) is 0 Å². The highest BCUT2D eigenvalue weighted by atomic mass is 32.2. The molecule has 1 saturated heterocycles. The minimum absolute atomic E-state index is 0.0691. The molecule has 0 radical (unpaired) electrons. The zero-order valence-electron chi connectivity index (χ0n) is 22.1. The smallest absolute Gasteiger partial charge is 0.412 e. The van der Waals surface area contributed by atoms with Gasteiger partial charge in [0.25, 0.3) is 5.91 Å². The Kier molecular flexibility index (Phi) is 8.02. The maximum atomic E-state index is 13.5. The topological polar surface area (TPSA) is 101 Å². The van der Waals surface area contributed by atoms with Crippen molar-refractivity contribution in [2.75, 3.05) is 11.1 Å². The standard InChI is InChI=1S/C31H28N4O4S2/c36-27(32-24-15-16-24)22-13-11-21(12-14-22)25-18-41-30(33-25)34-28(37)26-19-40-29(23-9-5-2-6-10-23)35(26)31(38)39-17-20-7-3-1-4-8-20/h1-14,18,24,26,29H,15-17,19H2,(H,32,36)(H,33,34,37)/t26?,29-/m1/s1. The van der Waals surface area contributed by atoms with Gasteiger partial charge in [0.05, 0.1) is 5.69 Å². The first kappa shape index (κ1) is 27.0. The van der Waals surface area contributed by atoms with Gasteiger partial charge in [-0.15, -0.1) is 23.1 Å². The van der Waals surface area contributed by atoms with E-state index in [1.807, 2.05) is 78.2 Å². The van der Waals surface area contributed by atoms with E-state index < -0.39 is 12.1 Å². The summed E-state index contributed by atoms with van der Waals surface area (Å²) >= 11 is 2.84. The molecule has 2 fully saturated rings. The van der Waals surface area contributed by atoms with E-state index in [1.165, 1.54) is 28.0 Å². The van der Waals surface area contributed by atoms with E-state index in [-0.39, 0.29) is 23.8 Å². The van der Waals surface area contributed by atoms with Gasteiger partial charge >= 0.3 is 6.09 Å². The van der Waals surface area contributed by atoms with Gasteiger partial charge in [0.2, 0.25) is 5.91 Å². The Morgan fingerprint density at radius 3 is 2.34 bits per heavy atom. The number of benzene rings is 3. The number of hydrogen-bond donors (Lipinski definition) is 2. The average Bonchev–Trinajstić information content (AvgIpc) is 3.51. The lowest BCUT2D eigenvalue weighted by molar-refractivity contribution is -0.120. The molecule has 1 unspecified atom stereocenters. The third-order valence-electron chi connectivity index (χ3n) is 6.89. The fraction of sp³-hybridized carbons (Fsp3) is 0.226. The number of nitrogens with one attached hydrogen (secondary N) is 2. The summed E-state index contributed by atoms with van der Waals surface area (Å²) in [4.78, 5) is 45.3. The first-order valence-electron chi connectivity index (χ1n) is 13.4. The molecule has 208 valence electrons. The van der Waals surface area contributed by atoms with E-state index in [9.17, 15) is 14.4 Å². The molecule has 10 heteroatoms. The van der Waals surface area contributed by atoms with Crippen LogP contribution in [0.4, 0.5) is 9.93 Å². The summed E-state index contributed by atoms with van der Waals surface area (Å²) in [5.74, 6) is 0.0370. The molecule has 0 spiro atoms. The molecule has 1 saturated carbocycles. The predicted molar refractivity (Wildman–Crippen MR) is 161 cm³/mol. The monoisotopic (exact) mass is 584 g/mol. The van der Waals surface area contributed by atoms with Crippen LogP contribution >= 0.6 is 23.1 Å². The van der Waals surface area contributed by atoms with Gasteiger partial charge in [-0.1, -0.05) is 72.8 Å². The molecule has 0 bridgehead atoms. The summed E-state index contributed by atoms with van der Waals surface area (Å²) in [5, 5.41) is 7.83. The lowest BCUT2D eigenvalue weighted by Crippen LogP contribution is -2.45. The number of thiazole rings is 1. The summed E-state index contributed by atoms with van der Waals surface area (Å²) in [6.45, 7) is 0.119. The maximum absolute atomic E-state index is 13.5. The number of ether oxygens (including phenoxy) is 1. The maximum Gasteiger partial charge on any atom is 0.412 e. The van der Waals surface area contributed by atoms with Crippen LogP contribution in [0.5, 0.6) is 0 Å². The number of hydrogen-bond acceptors (Lipinski definition) is 7. The van der Waals surface area contributed by atoms with Gasteiger partial charge in [-0.2, -0.15) is 0 Å². The lowest BCUT2D eigenvalue weighted by Gasteiger charge is -2.28. The van der Waals surface area contributed by atoms with Crippen LogP contribution in [-0.2, 0) is 16.1 Å². The molecule has 1 aromatic heterocycles. The van der Waals surface area contributed by atoms with E-state index in [0.717, 1.165) is 29.5 Å². The minimum Gasteiger partial charge on any atom is -0.444 e. The van der Waals surface area contributed by atoms with Crippen LogP contribution in [0.1, 0.15) is 39.7 Å². The quantitative estimate of drug-likeness (QED) is 0.260. The molecule has 8 nitrogen and oxygen atoms in total. The number of nitrogens with zero attached hydrogens (tertiary/aromatic N) is 2. The van der Waals surface area contributed by atoms with Gasteiger partial charge in [0.15, 0.2) is 5.13 Å². The lowest BCUT2D eigenvalue weighted by atomic mass is 10.1. The van der Waals surface area contributed by atoms with Gasteiger partial charge in [-0.25, -0.2) is 9.78 Å². The number of amides is 3. The Bertz CT molecular complexity index is 1520. The van der Waals surface area contributed by atoms with Crippen molar-refractivity contribution >= 4 is 46.1 Å². The second-order valence-corrected chi connectivity index (χ2v) is 11.9. The molecule has 3 amide bonds. The zero-order chi connectivity index (χ0) is 28.2. The molecular weight excluding hydrogens is 556 g/mol. The summed E-state index contributed by atoms with van der Waals surface area (Å²) < 4.78 is 5.66. The van der Waals surface area contributed by atoms with Crippen molar-refractivity contribution in [1.29, 1.82) is 0 Å². The molecule has 4 aromatic rings. The molecule has 6 rings (SSSR count). The number of aromatic nitrogens is 1. The van der Waals surface area contributed by atoms with Gasteiger partial charge in [-0.05, 0) is 36.1 Å². The number of carbonyl (C=O) groups excluding carboxylic acids is 3. The number of rotatable bonds is 8. The molecule has 1 aliphatic carbocycles. The summed E-state index contributed by atoms with van der Waals surface area (Å²) in [5.41, 5.74) is 3.94. The Morgan fingerprint density at radius 1 is 0.927 bits per heavy atom. The van der Waals surface area contributed by atoms with Gasteiger partial charge in [-0.3, -0.25) is 14.5 Å². The largest absolute Gasteiger partial charge is 0.444 e. The van der Waals surface area contributed by atoms with Crippen LogP contribution in [-0.4, -0.2) is 45.6 Å². The van der Waals surface area contributed by atoms with E-state index in [0.29, 0.717) is 28.2 Å². The molecule has 3 aromatic carbocycles. The first-order valence-corrected chi connectivity index (χ1v) is 15.3. The predicted octanol–water partition coefficient (Wildman–Crippen LogP) is 6.09. The summed E-state index contributed by atoms with van der Waals surface area (Å²) in [6.07, 6.45) is 1.53. The number of anilines is 1. The Labute approximate surface area is 246 Å². The molecule has 2 aliphatic rings. The molecule has 2 N–H and O–H groups in total. The highest BCUT2D eigenvalue weighted by Gasteiger charge is 2.43. The van der Waals surface area contributed by atoms with Gasteiger partial charge in [0.1, 0.15) is 18.0 Å². The number of carbonyl (C=O) groups is 3. The van der Waals surface area contributed by atoms with Gasteiger partial charge < -0.3 is 15.4 Å².